The lowest BCUT2D eigenvalue weighted by Crippen LogP contribution is -2.25. The number of carboxylic acids is 2. The van der Waals surface area contributed by atoms with Crippen LogP contribution in [0.15, 0.2) is 5.38 Å². The fraction of sp³-hybridized carbons (Fsp3) is 0.583. The molecule has 0 aliphatic heterocycles. The van der Waals surface area contributed by atoms with E-state index in [1.807, 2.05) is 5.38 Å². The van der Waals surface area contributed by atoms with E-state index < -0.39 is 17.9 Å². The Morgan fingerprint density at radius 1 is 1.33 bits per heavy atom. The standard InChI is InChI=1S/C12H15NO4S/c14-11(15)8(12(16)17)5-10-13-9(6-18-10)7-3-1-2-4-7/h6-8H,1-5H2,(H,14,15)(H,16,17). The van der Waals surface area contributed by atoms with Crippen LogP contribution in [0.1, 0.15) is 42.3 Å². The van der Waals surface area contributed by atoms with Gasteiger partial charge in [0.1, 0.15) is 0 Å². The summed E-state index contributed by atoms with van der Waals surface area (Å²) in [4.78, 5) is 26.0. The van der Waals surface area contributed by atoms with Gasteiger partial charge in [0.05, 0.1) is 10.7 Å². The number of carbonyl (C=O) groups is 2. The molecule has 2 N–H and O–H groups in total. The molecular formula is C12H15NO4S. The van der Waals surface area contributed by atoms with E-state index in [4.69, 9.17) is 10.2 Å². The molecule has 98 valence electrons. The van der Waals surface area contributed by atoms with Crippen LogP contribution >= 0.6 is 11.3 Å². The molecule has 0 atom stereocenters. The second-order valence-corrected chi connectivity index (χ2v) is 5.52. The van der Waals surface area contributed by atoms with Gasteiger partial charge in [-0.1, -0.05) is 12.8 Å². The Morgan fingerprint density at radius 3 is 2.50 bits per heavy atom. The second kappa shape index (κ2) is 5.48. The van der Waals surface area contributed by atoms with E-state index in [2.05, 4.69) is 4.98 Å². The molecule has 5 nitrogen and oxygen atoms in total. The molecule has 1 aliphatic rings. The van der Waals surface area contributed by atoms with Gasteiger partial charge in [-0.15, -0.1) is 11.3 Å². The summed E-state index contributed by atoms with van der Waals surface area (Å²) in [6, 6.07) is 0. The fourth-order valence-corrected chi connectivity index (χ4v) is 3.21. The van der Waals surface area contributed by atoms with Gasteiger partial charge < -0.3 is 10.2 Å². The predicted octanol–water partition coefficient (Wildman–Crippen LogP) is 2.13. The maximum Gasteiger partial charge on any atom is 0.318 e. The van der Waals surface area contributed by atoms with E-state index in [0.29, 0.717) is 10.9 Å². The van der Waals surface area contributed by atoms with Crippen molar-refractivity contribution in [3.8, 4) is 0 Å². The zero-order valence-electron chi connectivity index (χ0n) is 9.83. The predicted molar refractivity (Wildman–Crippen MR) is 65.8 cm³/mol. The largest absolute Gasteiger partial charge is 0.481 e. The van der Waals surface area contributed by atoms with E-state index in [9.17, 15) is 9.59 Å². The number of hydrogen-bond donors (Lipinski definition) is 2. The summed E-state index contributed by atoms with van der Waals surface area (Å²) in [6.07, 6.45) is 4.66. The molecule has 18 heavy (non-hydrogen) atoms. The molecule has 0 unspecified atom stereocenters. The molecule has 0 saturated heterocycles. The summed E-state index contributed by atoms with van der Waals surface area (Å²) >= 11 is 1.36. The molecule has 0 radical (unpaired) electrons. The number of nitrogens with zero attached hydrogens (tertiary/aromatic N) is 1. The summed E-state index contributed by atoms with van der Waals surface area (Å²) < 4.78 is 0. The third-order valence-corrected chi connectivity index (χ3v) is 4.21. The highest BCUT2D eigenvalue weighted by Gasteiger charge is 2.28. The van der Waals surface area contributed by atoms with Crippen LogP contribution in [0.25, 0.3) is 0 Å². The maximum atomic E-state index is 10.8. The van der Waals surface area contributed by atoms with Gasteiger partial charge in [-0.25, -0.2) is 4.98 Å². The van der Waals surface area contributed by atoms with Gasteiger partial charge in [-0.3, -0.25) is 9.59 Å². The van der Waals surface area contributed by atoms with Crippen LogP contribution in [-0.2, 0) is 16.0 Å². The number of thiazole rings is 1. The Labute approximate surface area is 108 Å². The molecule has 6 heteroatoms. The van der Waals surface area contributed by atoms with Crippen LogP contribution in [0, 0.1) is 5.92 Å². The normalized spacial score (nSPS) is 16.3. The molecule has 0 spiro atoms. The van der Waals surface area contributed by atoms with Crippen LogP contribution in [-0.4, -0.2) is 27.1 Å². The van der Waals surface area contributed by atoms with Crippen LogP contribution in [0.4, 0.5) is 0 Å². The monoisotopic (exact) mass is 269 g/mol. The quantitative estimate of drug-likeness (QED) is 0.799. The highest BCUT2D eigenvalue weighted by atomic mass is 32.1. The minimum atomic E-state index is -1.40. The first kappa shape index (κ1) is 13.0. The lowest BCUT2D eigenvalue weighted by Gasteiger charge is -2.05. The lowest BCUT2D eigenvalue weighted by atomic mass is 10.1. The average molecular weight is 269 g/mol. The van der Waals surface area contributed by atoms with Crippen LogP contribution in [0.5, 0.6) is 0 Å². The Kier molecular flexibility index (Phi) is 3.96. The number of aromatic nitrogens is 1. The highest BCUT2D eigenvalue weighted by molar-refractivity contribution is 7.09. The smallest absolute Gasteiger partial charge is 0.318 e. The number of rotatable bonds is 5. The summed E-state index contributed by atoms with van der Waals surface area (Å²) in [5.41, 5.74) is 1.00. The van der Waals surface area contributed by atoms with Gasteiger partial charge in [0.2, 0.25) is 0 Å². The Balaban J connectivity index is 2.05. The Bertz CT molecular complexity index is 437. The highest BCUT2D eigenvalue weighted by Crippen LogP contribution is 2.34. The summed E-state index contributed by atoms with van der Waals surface area (Å²) in [5.74, 6) is -3.53. The summed E-state index contributed by atoms with van der Waals surface area (Å²) in [6.45, 7) is 0. The summed E-state index contributed by atoms with van der Waals surface area (Å²) in [7, 11) is 0. The van der Waals surface area contributed by atoms with E-state index in [0.717, 1.165) is 18.5 Å². The molecule has 1 saturated carbocycles. The fourth-order valence-electron chi connectivity index (χ4n) is 2.28. The second-order valence-electron chi connectivity index (χ2n) is 4.58. The van der Waals surface area contributed by atoms with E-state index >= 15 is 0 Å². The van der Waals surface area contributed by atoms with Gasteiger partial charge in [0, 0.05) is 17.7 Å². The van der Waals surface area contributed by atoms with Crippen molar-refractivity contribution in [2.45, 2.75) is 38.0 Å². The molecule has 0 bridgehead atoms. The molecule has 0 aromatic carbocycles. The van der Waals surface area contributed by atoms with Crippen molar-refractivity contribution in [1.82, 2.24) is 4.98 Å². The molecule has 1 fully saturated rings. The maximum absolute atomic E-state index is 10.8. The van der Waals surface area contributed by atoms with Crippen molar-refractivity contribution in [2.24, 2.45) is 5.92 Å². The SMILES string of the molecule is O=C(O)C(Cc1nc(C2CCCC2)cs1)C(=O)O. The first-order valence-corrected chi connectivity index (χ1v) is 6.86. The Hall–Kier alpha value is -1.43. The molecular weight excluding hydrogens is 254 g/mol. The van der Waals surface area contributed by atoms with E-state index in [1.54, 1.807) is 0 Å². The van der Waals surface area contributed by atoms with Crippen molar-refractivity contribution in [3.63, 3.8) is 0 Å². The van der Waals surface area contributed by atoms with Gasteiger partial charge in [-0.2, -0.15) is 0 Å². The molecule has 1 heterocycles. The minimum Gasteiger partial charge on any atom is -0.481 e. The minimum absolute atomic E-state index is 0.0257. The molecule has 1 aliphatic carbocycles. The topological polar surface area (TPSA) is 87.5 Å². The van der Waals surface area contributed by atoms with Crippen LogP contribution < -0.4 is 0 Å². The number of aliphatic carboxylic acids is 2. The molecule has 1 aromatic heterocycles. The zero-order chi connectivity index (χ0) is 13.1. The first-order valence-electron chi connectivity index (χ1n) is 5.98. The van der Waals surface area contributed by atoms with Crippen molar-refractivity contribution >= 4 is 23.3 Å². The van der Waals surface area contributed by atoms with Gasteiger partial charge >= 0.3 is 11.9 Å². The van der Waals surface area contributed by atoms with Gasteiger partial charge in [0.25, 0.3) is 0 Å². The molecule has 1 aromatic rings. The van der Waals surface area contributed by atoms with Gasteiger partial charge in [-0.05, 0) is 12.8 Å². The van der Waals surface area contributed by atoms with Crippen molar-refractivity contribution in [2.75, 3.05) is 0 Å². The summed E-state index contributed by atoms with van der Waals surface area (Å²) in [5, 5.41) is 20.2. The van der Waals surface area contributed by atoms with E-state index in [-0.39, 0.29) is 6.42 Å². The van der Waals surface area contributed by atoms with Crippen LogP contribution in [0.3, 0.4) is 0 Å². The van der Waals surface area contributed by atoms with Crippen molar-refractivity contribution in [1.29, 1.82) is 0 Å². The van der Waals surface area contributed by atoms with Gasteiger partial charge in [0.15, 0.2) is 5.92 Å². The van der Waals surface area contributed by atoms with E-state index in [1.165, 1.54) is 24.2 Å². The number of carboxylic acid groups (broad SMARTS) is 2. The lowest BCUT2D eigenvalue weighted by molar-refractivity contribution is -0.154. The van der Waals surface area contributed by atoms with Crippen molar-refractivity contribution in [3.05, 3.63) is 16.1 Å². The van der Waals surface area contributed by atoms with Crippen molar-refractivity contribution < 1.29 is 19.8 Å². The molecule has 0 amide bonds. The third-order valence-electron chi connectivity index (χ3n) is 3.32. The zero-order valence-corrected chi connectivity index (χ0v) is 10.7. The first-order chi connectivity index (χ1) is 8.58. The molecule has 2 rings (SSSR count). The van der Waals surface area contributed by atoms with Crippen LogP contribution in [0.2, 0.25) is 0 Å². The number of hydrogen-bond acceptors (Lipinski definition) is 4. The average Bonchev–Trinajstić information content (AvgIpc) is 2.95. The Morgan fingerprint density at radius 2 is 1.94 bits per heavy atom. The third kappa shape index (κ3) is 2.87.